The van der Waals surface area contributed by atoms with Crippen molar-refractivity contribution in [1.82, 2.24) is 0 Å². The van der Waals surface area contributed by atoms with E-state index < -0.39 is 18.0 Å². The zero-order chi connectivity index (χ0) is 19.3. The smallest absolute Gasteiger partial charge is 0.344 e. The van der Waals surface area contributed by atoms with Crippen LogP contribution in [0.5, 0.6) is 11.5 Å². The number of ether oxygens (including phenoxy) is 2. The van der Waals surface area contributed by atoms with E-state index in [-0.39, 0.29) is 16.3 Å². The number of carboxylic acid groups (broad SMARTS) is 2. The Labute approximate surface area is 154 Å². The number of carbonyl (C=O) groups is 2. The van der Waals surface area contributed by atoms with Gasteiger partial charge in [0.1, 0.15) is 0 Å². The quantitative estimate of drug-likeness (QED) is 0.713. The number of benzene rings is 2. The predicted molar refractivity (Wildman–Crippen MR) is 96.4 cm³/mol. The maximum Gasteiger partial charge on any atom is 0.344 e. The Bertz CT molecular complexity index is 865. The van der Waals surface area contributed by atoms with Gasteiger partial charge in [0.15, 0.2) is 17.6 Å². The lowest BCUT2D eigenvalue weighted by molar-refractivity contribution is -0.144. The Morgan fingerprint density at radius 3 is 2.58 bits per heavy atom. The molecule has 1 atom stereocenters. The van der Waals surface area contributed by atoms with Crippen LogP contribution in [0.15, 0.2) is 41.4 Å². The van der Waals surface area contributed by atoms with E-state index in [9.17, 15) is 9.59 Å². The molecule has 0 spiro atoms. The third kappa shape index (κ3) is 4.52. The summed E-state index contributed by atoms with van der Waals surface area (Å²) in [7, 11) is 1.44. The van der Waals surface area contributed by atoms with Crippen LogP contribution in [0, 0.1) is 0 Å². The van der Waals surface area contributed by atoms with Crippen molar-refractivity contribution < 1.29 is 29.3 Å². The third-order valence-corrected chi connectivity index (χ3v) is 3.73. The fraction of sp³-hybridized carbons (Fsp3) is 0.167. The lowest BCUT2D eigenvalue weighted by Crippen LogP contribution is -2.23. The maximum absolute atomic E-state index is 11.1. The van der Waals surface area contributed by atoms with Crippen LogP contribution >= 0.6 is 11.6 Å². The van der Waals surface area contributed by atoms with Gasteiger partial charge in [0.2, 0.25) is 0 Å². The highest BCUT2D eigenvalue weighted by Gasteiger charge is 2.18. The molecule has 2 aromatic rings. The van der Waals surface area contributed by atoms with Crippen LogP contribution in [0.4, 0.5) is 5.69 Å². The molecule has 0 aliphatic carbocycles. The molecular formula is C18H16ClNO6. The minimum absolute atomic E-state index is 0.0667. The molecule has 7 nitrogen and oxygen atoms in total. The van der Waals surface area contributed by atoms with Gasteiger partial charge < -0.3 is 19.7 Å². The average molecular weight is 378 g/mol. The Balaban J connectivity index is 2.40. The molecule has 0 amide bonds. The second-order valence-electron chi connectivity index (χ2n) is 5.20. The van der Waals surface area contributed by atoms with Crippen LogP contribution in [-0.2, 0) is 4.79 Å². The molecule has 0 aliphatic rings. The van der Waals surface area contributed by atoms with Crippen molar-refractivity contribution in [2.75, 3.05) is 7.11 Å². The Morgan fingerprint density at radius 2 is 1.96 bits per heavy atom. The van der Waals surface area contributed by atoms with Gasteiger partial charge in [0.25, 0.3) is 0 Å². The van der Waals surface area contributed by atoms with Crippen molar-refractivity contribution in [1.29, 1.82) is 0 Å². The van der Waals surface area contributed by atoms with E-state index in [0.717, 1.165) is 0 Å². The standard InChI is InChI=1S/C18H16ClNO6/c1-10(17(21)22)26-16-11(4-3-5-15(16)25-2)9-20-12-6-7-14(19)13(8-12)18(23)24/h3-10H,1-2H3,(H,21,22)(H,23,24)/t10-/m1/s1. The highest BCUT2D eigenvalue weighted by atomic mass is 35.5. The molecule has 0 bridgehead atoms. The molecule has 2 N–H and O–H groups in total. The van der Waals surface area contributed by atoms with E-state index in [4.69, 9.17) is 31.3 Å². The van der Waals surface area contributed by atoms with Gasteiger partial charge in [-0.25, -0.2) is 9.59 Å². The monoisotopic (exact) mass is 377 g/mol. The van der Waals surface area contributed by atoms with E-state index in [1.807, 2.05) is 0 Å². The van der Waals surface area contributed by atoms with Crippen LogP contribution < -0.4 is 9.47 Å². The van der Waals surface area contributed by atoms with Gasteiger partial charge in [-0.15, -0.1) is 0 Å². The van der Waals surface area contributed by atoms with E-state index in [1.54, 1.807) is 24.3 Å². The van der Waals surface area contributed by atoms with Gasteiger partial charge in [-0.1, -0.05) is 17.7 Å². The molecule has 0 aromatic heterocycles. The Morgan fingerprint density at radius 1 is 1.23 bits per heavy atom. The van der Waals surface area contributed by atoms with Crippen LogP contribution in [0.3, 0.4) is 0 Å². The number of rotatable bonds is 7. The lowest BCUT2D eigenvalue weighted by Gasteiger charge is -2.15. The summed E-state index contributed by atoms with van der Waals surface area (Å²) in [6, 6.07) is 9.33. The molecule has 136 valence electrons. The summed E-state index contributed by atoms with van der Waals surface area (Å²) in [6.45, 7) is 1.40. The van der Waals surface area contributed by atoms with Crippen molar-refractivity contribution in [3.05, 3.63) is 52.5 Å². The minimum Gasteiger partial charge on any atom is -0.493 e. The maximum atomic E-state index is 11.1. The van der Waals surface area contributed by atoms with Crippen LogP contribution in [0.25, 0.3) is 0 Å². The molecule has 0 heterocycles. The number of halogens is 1. The number of carboxylic acids is 2. The van der Waals surface area contributed by atoms with Crippen molar-refractivity contribution >= 4 is 35.4 Å². The largest absolute Gasteiger partial charge is 0.493 e. The summed E-state index contributed by atoms with van der Waals surface area (Å²) in [6.07, 6.45) is 0.342. The summed E-state index contributed by atoms with van der Waals surface area (Å²) in [5.74, 6) is -1.71. The fourth-order valence-corrected chi connectivity index (χ4v) is 2.25. The normalized spacial score (nSPS) is 12.0. The zero-order valence-corrected chi connectivity index (χ0v) is 14.7. The highest BCUT2D eigenvalue weighted by molar-refractivity contribution is 6.33. The van der Waals surface area contributed by atoms with Crippen molar-refractivity contribution in [2.24, 2.45) is 4.99 Å². The molecule has 0 unspecified atom stereocenters. The van der Waals surface area contributed by atoms with Crippen molar-refractivity contribution in [3.8, 4) is 11.5 Å². The molecule has 0 radical (unpaired) electrons. The number of aliphatic carboxylic acids is 1. The van der Waals surface area contributed by atoms with E-state index in [0.29, 0.717) is 17.0 Å². The number of aliphatic imine (C=N–C) groups is 1. The molecular weight excluding hydrogens is 362 g/mol. The first-order valence-corrected chi connectivity index (χ1v) is 7.84. The minimum atomic E-state index is -1.16. The van der Waals surface area contributed by atoms with Gasteiger partial charge in [-0.05, 0) is 37.3 Å². The van der Waals surface area contributed by atoms with Crippen LogP contribution in [0.1, 0.15) is 22.8 Å². The van der Waals surface area contributed by atoms with Crippen LogP contribution in [0.2, 0.25) is 5.02 Å². The number of nitrogens with zero attached hydrogens (tertiary/aromatic N) is 1. The molecule has 0 saturated heterocycles. The Hall–Kier alpha value is -3.06. The van der Waals surface area contributed by atoms with Gasteiger partial charge in [-0.3, -0.25) is 4.99 Å². The van der Waals surface area contributed by atoms with Crippen LogP contribution in [-0.4, -0.2) is 41.6 Å². The first-order valence-electron chi connectivity index (χ1n) is 7.47. The molecule has 26 heavy (non-hydrogen) atoms. The SMILES string of the molecule is COc1cccc(C=Nc2ccc(Cl)c(C(=O)O)c2)c1O[C@H](C)C(=O)O. The first-order chi connectivity index (χ1) is 12.3. The molecule has 2 rings (SSSR count). The summed E-state index contributed by atoms with van der Waals surface area (Å²) in [5.41, 5.74) is 0.777. The first kappa shape index (κ1) is 19.3. The number of para-hydroxylation sites is 1. The molecule has 8 heteroatoms. The molecule has 0 saturated carbocycles. The summed E-state index contributed by atoms with van der Waals surface area (Å²) < 4.78 is 10.7. The van der Waals surface area contributed by atoms with E-state index >= 15 is 0 Å². The highest BCUT2D eigenvalue weighted by Crippen LogP contribution is 2.31. The van der Waals surface area contributed by atoms with E-state index in [1.165, 1.54) is 32.4 Å². The molecule has 0 fully saturated rings. The topological polar surface area (TPSA) is 105 Å². The second kappa shape index (κ2) is 8.35. The fourth-order valence-electron chi connectivity index (χ4n) is 2.05. The third-order valence-electron chi connectivity index (χ3n) is 3.40. The van der Waals surface area contributed by atoms with Gasteiger partial charge >= 0.3 is 11.9 Å². The lowest BCUT2D eigenvalue weighted by atomic mass is 10.2. The summed E-state index contributed by atoms with van der Waals surface area (Å²) in [4.78, 5) is 26.4. The second-order valence-corrected chi connectivity index (χ2v) is 5.61. The summed E-state index contributed by atoms with van der Waals surface area (Å²) >= 11 is 5.84. The predicted octanol–water partition coefficient (Wildman–Crippen LogP) is 3.65. The average Bonchev–Trinajstić information content (AvgIpc) is 2.61. The zero-order valence-electron chi connectivity index (χ0n) is 14.0. The van der Waals surface area contributed by atoms with Crippen molar-refractivity contribution in [3.63, 3.8) is 0 Å². The molecule has 0 aliphatic heterocycles. The number of hydrogen-bond acceptors (Lipinski definition) is 5. The van der Waals surface area contributed by atoms with Crippen molar-refractivity contribution in [2.45, 2.75) is 13.0 Å². The summed E-state index contributed by atoms with van der Waals surface area (Å²) in [5, 5.41) is 18.3. The van der Waals surface area contributed by atoms with Gasteiger partial charge in [-0.2, -0.15) is 0 Å². The molecule has 2 aromatic carbocycles. The number of hydrogen-bond donors (Lipinski definition) is 2. The number of aromatic carboxylic acids is 1. The number of methoxy groups -OCH3 is 1. The van der Waals surface area contributed by atoms with E-state index in [2.05, 4.69) is 4.99 Å². The Kier molecular flexibility index (Phi) is 6.19. The van der Waals surface area contributed by atoms with Gasteiger partial charge in [0.05, 0.1) is 23.4 Å². The van der Waals surface area contributed by atoms with Gasteiger partial charge in [0, 0.05) is 11.8 Å².